The van der Waals surface area contributed by atoms with E-state index in [-0.39, 0.29) is 17.7 Å². The summed E-state index contributed by atoms with van der Waals surface area (Å²) in [6.07, 6.45) is 10.8. The van der Waals surface area contributed by atoms with E-state index < -0.39 is 0 Å². The van der Waals surface area contributed by atoms with E-state index in [9.17, 15) is 9.59 Å². The topological polar surface area (TPSA) is 78.1 Å². The van der Waals surface area contributed by atoms with Gasteiger partial charge in [-0.05, 0) is 38.2 Å². The molecule has 142 valence electrons. The molecule has 26 heavy (non-hydrogen) atoms. The van der Waals surface area contributed by atoms with Crippen molar-refractivity contribution in [3.05, 3.63) is 17.5 Å². The van der Waals surface area contributed by atoms with E-state index >= 15 is 0 Å². The minimum absolute atomic E-state index is 0.0682. The molecule has 0 aromatic carbocycles. The zero-order chi connectivity index (χ0) is 17.9. The Labute approximate surface area is 155 Å². The molecule has 3 aliphatic rings. The molecule has 1 aliphatic heterocycles. The van der Waals surface area contributed by atoms with Crippen molar-refractivity contribution in [1.29, 1.82) is 0 Å². The van der Waals surface area contributed by atoms with E-state index in [0.29, 0.717) is 37.9 Å². The van der Waals surface area contributed by atoms with Crippen LogP contribution in [0.15, 0.2) is 6.07 Å². The van der Waals surface area contributed by atoms with Crippen LogP contribution in [-0.4, -0.2) is 39.5 Å². The van der Waals surface area contributed by atoms with Gasteiger partial charge in [0, 0.05) is 24.9 Å². The van der Waals surface area contributed by atoms with Crippen LogP contribution in [0.5, 0.6) is 0 Å². The first-order chi connectivity index (χ1) is 12.7. The van der Waals surface area contributed by atoms with Gasteiger partial charge >= 0.3 is 0 Å². The van der Waals surface area contributed by atoms with E-state index in [1.165, 1.54) is 38.5 Å². The van der Waals surface area contributed by atoms with Crippen molar-refractivity contribution < 1.29 is 9.59 Å². The van der Waals surface area contributed by atoms with Gasteiger partial charge in [0.1, 0.15) is 0 Å². The summed E-state index contributed by atoms with van der Waals surface area (Å²) in [4.78, 5) is 27.1. The minimum Gasteiger partial charge on any atom is -0.350 e. The summed E-state index contributed by atoms with van der Waals surface area (Å²) in [6.45, 7) is 1.08. The summed E-state index contributed by atoms with van der Waals surface area (Å²) in [6, 6.07) is 2.41. The predicted molar refractivity (Wildman–Crippen MR) is 98.3 cm³/mol. The molecule has 4 rings (SSSR count). The van der Waals surface area contributed by atoms with Crippen LogP contribution >= 0.6 is 0 Å². The van der Waals surface area contributed by atoms with Gasteiger partial charge in [0.15, 0.2) is 0 Å². The smallest absolute Gasteiger partial charge is 0.225 e. The monoisotopic (exact) mass is 358 g/mol. The Morgan fingerprint density at radius 2 is 1.92 bits per heavy atom. The first kappa shape index (κ1) is 17.6. The van der Waals surface area contributed by atoms with Crippen molar-refractivity contribution >= 4 is 11.8 Å². The molecule has 1 unspecified atom stereocenters. The molecule has 2 N–H and O–H groups in total. The van der Waals surface area contributed by atoms with Crippen molar-refractivity contribution in [2.45, 2.75) is 82.7 Å². The standard InChI is InChI=1S/C20H30N4O2/c25-19-10-9-15(13-24(19)17-5-3-1-2-4-6-17)20(26)21-12-16-11-18(23-22-16)14-7-8-14/h11,14-15,17H,1-10,12-13H2,(H,21,26)(H,22,23). The number of aromatic amines is 1. The largest absolute Gasteiger partial charge is 0.350 e. The Morgan fingerprint density at radius 3 is 2.65 bits per heavy atom. The Kier molecular flexibility index (Phi) is 5.27. The summed E-state index contributed by atoms with van der Waals surface area (Å²) >= 11 is 0. The lowest BCUT2D eigenvalue weighted by atomic mass is 9.93. The molecule has 6 heteroatoms. The molecule has 0 spiro atoms. The van der Waals surface area contributed by atoms with Gasteiger partial charge in [-0.15, -0.1) is 0 Å². The van der Waals surface area contributed by atoms with E-state index in [2.05, 4.69) is 21.6 Å². The summed E-state index contributed by atoms with van der Waals surface area (Å²) in [5, 5.41) is 10.4. The number of H-pyrrole nitrogens is 1. The zero-order valence-electron chi connectivity index (χ0n) is 15.5. The highest BCUT2D eigenvalue weighted by Crippen LogP contribution is 2.39. The first-order valence-corrected chi connectivity index (χ1v) is 10.3. The van der Waals surface area contributed by atoms with Gasteiger partial charge in [-0.25, -0.2) is 0 Å². The van der Waals surface area contributed by atoms with Gasteiger partial charge in [0.25, 0.3) is 0 Å². The lowest BCUT2D eigenvalue weighted by molar-refractivity contribution is -0.141. The molecule has 1 saturated heterocycles. The summed E-state index contributed by atoms with van der Waals surface area (Å²) in [5.41, 5.74) is 2.09. The lowest BCUT2D eigenvalue weighted by Crippen LogP contribution is -2.49. The number of carbonyl (C=O) groups is 2. The van der Waals surface area contributed by atoms with E-state index in [1.54, 1.807) is 0 Å². The molecule has 0 bridgehead atoms. The maximum absolute atomic E-state index is 12.6. The average Bonchev–Trinajstić information content (AvgIpc) is 3.44. The van der Waals surface area contributed by atoms with Gasteiger partial charge in [0.2, 0.25) is 11.8 Å². The number of aromatic nitrogens is 2. The second-order valence-corrected chi connectivity index (χ2v) is 8.24. The number of nitrogens with zero attached hydrogens (tertiary/aromatic N) is 2. The number of carbonyl (C=O) groups excluding carboxylic acids is 2. The molecule has 0 radical (unpaired) electrons. The van der Waals surface area contributed by atoms with Crippen LogP contribution < -0.4 is 5.32 Å². The van der Waals surface area contributed by atoms with E-state index in [1.807, 2.05) is 4.90 Å². The second kappa shape index (κ2) is 7.80. The van der Waals surface area contributed by atoms with Crippen LogP contribution in [0.1, 0.15) is 81.5 Å². The molecule has 1 aromatic rings. The summed E-state index contributed by atoms with van der Waals surface area (Å²) in [5.74, 6) is 0.845. The van der Waals surface area contributed by atoms with Crippen molar-refractivity contribution in [3.63, 3.8) is 0 Å². The second-order valence-electron chi connectivity index (χ2n) is 8.24. The molecular weight excluding hydrogens is 328 g/mol. The van der Waals surface area contributed by atoms with Crippen molar-refractivity contribution in [2.24, 2.45) is 5.92 Å². The van der Waals surface area contributed by atoms with Crippen LogP contribution in [0.25, 0.3) is 0 Å². The lowest BCUT2D eigenvalue weighted by Gasteiger charge is -2.37. The highest BCUT2D eigenvalue weighted by Gasteiger charge is 2.34. The predicted octanol–water partition coefficient (Wildman–Crippen LogP) is 2.86. The van der Waals surface area contributed by atoms with E-state index in [0.717, 1.165) is 24.2 Å². The maximum Gasteiger partial charge on any atom is 0.225 e. The molecule has 1 atom stereocenters. The number of rotatable bonds is 5. The van der Waals surface area contributed by atoms with Crippen LogP contribution in [0.2, 0.25) is 0 Å². The van der Waals surface area contributed by atoms with Gasteiger partial charge in [0.05, 0.1) is 23.9 Å². The Bertz CT molecular complexity index is 644. The Balaban J connectivity index is 1.30. The first-order valence-electron chi connectivity index (χ1n) is 10.3. The molecule has 1 aromatic heterocycles. The number of hydrogen-bond acceptors (Lipinski definition) is 3. The number of amides is 2. The van der Waals surface area contributed by atoms with Crippen LogP contribution in [0.3, 0.4) is 0 Å². The van der Waals surface area contributed by atoms with Gasteiger partial charge in [-0.3, -0.25) is 14.7 Å². The molecule has 2 saturated carbocycles. The fourth-order valence-electron chi connectivity index (χ4n) is 4.39. The van der Waals surface area contributed by atoms with Crippen LogP contribution in [-0.2, 0) is 16.1 Å². The van der Waals surface area contributed by atoms with Crippen LogP contribution in [0.4, 0.5) is 0 Å². The molecular formula is C20H30N4O2. The average molecular weight is 358 g/mol. The number of piperidine rings is 1. The number of likely N-dealkylation sites (tertiary alicyclic amines) is 1. The zero-order valence-corrected chi connectivity index (χ0v) is 15.5. The molecule has 2 heterocycles. The third kappa shape index (κ3) is 4.10. The number of nitrogens with one attached hydrogen (secondary N) is 2. The van der Waals surface area contributed by atoms with Crippen molar-refractivity contribution in [2.75, 3.05) is 6.54 Å². The third-order valence-corrected chi connectivity index (χ3v) is 6.18. The highest BCUT2D eigenvalue weighted by molar-refractivity contribution is 5.84. The SMILES string of the molecule is O=C(NCc1cc(C2CC2)n[nH]1)C1CCC(=O)N(C2CCCCCC2)C1. The Morgan fingerprint density at radius 1 is 1.15 bits per heavy atom. The van der Waals surface area contributed by atoms with Crippen LogP contribution in [0, 0.1) is 5.92 Å². The molecule has 2 aliphatic carbocycles. The van der Waals surface area contributed by atoms with Gasteiger partial charge < -0.3 is 10.2 Å². The van der Waals surface area contributed by atoms with Crippen molar-refractivity contribution in [3.8, 4) is 0 Å². The van der Waals surface area contributed by atoms with Gasteiger partial charge in [-0.2, -0.15) is 5.10 Å². The fraction of sp³-hybridized carbons (Fsp3) is 0.750. The fourth-order valence-corrected chi connectivity index (χ4v) is 4.39. The Hall–Kier alpha value is -1.85. The molecule has 2 amide bonds. The van der Waals surface area contributed by atoms with Gasteiger partial charge in [-0.1, -0.05) is 25.7 Å². The van der Waals surface area contributed by atoms with Crippen molar-refractivity contribution in [1.82, 2.24) is 20.4 Å². The summed E-state index contributed by atoms with van der Waals surface area (Å²) < 4.78 is 0. The number of hydrogen-bond donors (Lipinski definition) is 2. The molecule has 6 nitrogen and oxygen atoms in total. The molecule has 3 fully saturated rings. The highest BCUT2D eigenvalue weighted by atomic mass is 16.2. The van der Waals surface area contributed by atoms with E-state index in [4.69, 9.17) is 0 Å². The quantitative estimate of drug-likeness (QED) is 0.795. The summed E-state index contributed by atoms with van der Waals surface area (Å²) in [7, 11) is 0. The normalized spacial score (nSPS) is 25.2. The minimum atomic E-state index is -0.0817. The maximum atomic E-state index is 12.6. The third-order valence-electron chi connectivity index (χ3n) is 6.18.